The lowest BCUT2D eigenvalue weighted by Crippen LogP contribution is -2.47. The maximum absolute atomic E-state index is 12.0. The van der Waals surface area contributed by atoms with Crippen molar-refractivity contribution >= 4 is 11.6 Å². The zero-order valence-corrected chi connectivity index (χ0v) is 11.0. The van der Waals surface area contributed by atoms with Gasteiger partial charge in [-0.15, -0.1) is 0 Å². The number of nitrogens with zero attached hydrogens (tertiary/aromatic N) is 1. The normalized spacial score (nSPS) is 28.2. The zero-order chi connectivity index (χ0) is 13.2. The lowest BCUT2D eigenvalue weighted by molar-refractivity contribution is -0.137. The van der Waals surface area contributed by atoms with E-state index in [1.165, 1.54) is 5.56 Å². The van der Waals surface area contributed by atoms with Crippen molar-refractivity contribution in [3.05, 3.63) is 35.9 Å². The molecule has 0 aromatic heterocycles. The lowest BCUT2D eigenvalue weighted by atomic mass is 9.73. The van der Waals surface area contributed by atoms with E-state index in [0.717, 1.165) is 26.1 Å². The van der Waals surface area contributed by atoms with Gasteiger partial charge in [0.25, 0.3) is 0 Å². The fourth-order valence-corrected chi connectivity index (χ4v) is 3.35. The summed E-state index contributed by atoms with van der Waals surface area (Å²) in [7, 11) is 0. The van der Waals surface area contributed by atoms with Crippen LogP contribution in [-0.2, 0) is 16.1 Å². The maximum Gasteiger partial charge on any atom is 0.144 e. The molecule has 2 aliphatic rings. The molecule has 0 radical (unpaired) electrons. The molecule has 2 fully saturated rings. The smallest absolute Gasteiger partial charge is 0.144 e. The highest BCUT2D eigenvalue weighted by Gasteiger charge is 2.39. The minimum Gasteiger partial charge on any atom is -0.299 e. The van der Waals surface area contributed by atoms with Crippen LogP contribution in [0.25, 0.3) is 0 Å². The highest BCUT2D eigenvalue weighted by molar-refractivity contribution is 6.02. The summed E-state index contributed by atoms with van der Waals surface area (Å²) in [6.07, 6.45) is 1.77. The summed E-state index contributed by atoms with van der Waals surface area (Å²) in [6, 6.07) is 10.4. The van der Waals surface area contributed by atoms with Crippen LogP contribution in [0, 0.1) is 11.8 Å². The summed E-state index contributed by atoms with van der Waals surface area (Å²) in [5.74, 6) is 0.706. The Morgan fingerprint density at radius 2 is 1.95 bits per heavy atom. The fourth-order valence-electron chi connectivity index (χ4n) is 3.35. The first-order valence-corrected chi connectivity index (χ1v) is 7.03. The molecular weight excluding hydrogens is 238 g/mol. The van der Waals surface area contributed by atoms with E-state index in [4.69, 9.17) is 0 Å². The van der Waals surface area contributed by atoms with Crippen LogP contribution in [0.15, 0.2) is 30.3 Å². The van der Waals surface area contributed by atoms with Gasteiger partial charge in [-0.3, -0.25) is 14.5 Å². The molecule has 0 bridgehead atoms. The largest absolute Gasteiger partial charge is 0.299 e. The van der Waals surface area contributed by atoms with Crippen molar-refractivity contribution in [1.82, 2.24) is 4.90 Å². The molecule has 100 valence electrons. The second-order valence-corrected chi connectivity index (χ2v) is 5.76. The summed E-state index contributed by atoms with van der Waals surface area (Å²) >= 11 is 0. The third kappa shape index (κ3) is 2.76. The number of piperidine rings is 1. The molecule has 19 heavy (non-hydrogen) atoms. The minimum absolute atomic E-state index is 0.0927. The molecule has 1 aliphatic heterocycles. The third-order valence-corrected chi connectivity index (χ3v) is 4.36. The molecule has 3 nitrogen and oxygen atoms in total. The average molecular weight is 257 g/mol. The van der Waals surface area contributed by atoms with Gasteiger partial charge in [0, 0.05) is 25.4 Å². The molecule has 0 amide bonds. The van der Waals surface area contributed by atoms with Crippen LogP contribution in [0.3, 0.4) is 0 Å². The molecule has 0 spiro atoms. The fraction of sp³-hybridized carbons (Fsp3) is 0.500. The lowest BCUT2D eigenvalue weighted by Gasteiger charge is -2.39. The second kappa shape index (κ2) is 5.25. The summed E-state index contributed by atoms with van der Waals surface area (Å²) in [5, 5.41) is 0. The monoisotopic (exact) mass is 257 g/mol. The van der Waals surface area contributed by atoms with Gasteiger partial charge in [0.2, 0.25) is 0 Å². The predicted molar refractivity (Wildman–Crippen MR) is 72.6 cm³/mol. The van der Waals surface area contributed by atoms with Gasteiger partial charge in [0.05, 0.1) is 6.42 Å². The zero-order valence-electron chi connectivity index (χ0n) is 11.0. The van der Waals surface area contributed by atoms with Crippen LogP contribution in [0.4, 0.5) is 0 Å². The number of Topliss-reactive ketones (excluding diaryl/α,β-unsaturated/α-hetero) is 2. The van der Waals surface area contributed by atoms with E-state index in [1.54, 1.807) is 0 Å². The predicted octanol–water partition coefficient (Wildman–Crippen LogP) is 2.06. The van der Waals surface area contributed by atoms with E-state index in [2.05, 4.69) is 17.0 Å². The Labute approximate surface area is 113 Å². The van der Waals surface area contributed by atoms with E-state index in [9.17, 15) is 9.59 Å². The van der Waals surface area contributed by atoms with Gasteiger partial charge < -0.3 is 0 Å². The Hall–Kier alpha value is -1.48. The quantitative estimate of drug-likeness (QED) is 0.761. The van der Waals surface area contributed by atoms with Crippen LogP contribution >= 0.6 is 0 Å². The van der Waals surface area contributed by atoms with Crippen LogP contribution in [0.1, 0.15) is 24.8 Å². The van der Waals surface area contributed by atoms with Crippen LogP contribution < -0.4 is 0 Å². The molecule has 3 rings (SSSR count). The number of hydrogen-bond donors (Lipinski definition) is 0. The number of fused-ring (bicyclic) bond motifs is 1. The maximum atomic E-state index is 12.0. The molecule has 2 atom stereocenters. The molecule has 2 unspecified atom stereocenters. The van der Waals surface area contributed by atoms with Gasteiger partial charge in [-0.25, -0.2) is 0 Å². The third-order valence-electron chi connectivity index (χ3n) is 4.36. The van der Waals surface area contributed by atoms with Gasteiger partial charge in [-0.05, 0) is 24.4 Å². The summed E-state index contributed by atoms with van der Waals surface area (Å²) in [5.41, 5.74) is 1.29. The van der Waals surface area contributed by atoms with Crippen molar-refractivity contribution in [3.8, 4) is 0 Å². The van der Waals surface area contributed by atoms with Crippen molar-refractivity contribution in [2.24, 2.45) is 11.8 Å². The molecule has 3 heteroatoms. The van der Waals surface area contributed by atoms with Gasteiger partial charge >= 0.3 is 0 Å². The number of carbonyl (C=O) groups excluding carboxylic acids is 2. The van der Waals surface area contributed by atoms with E-state index < -0.39 is 0 Å². The van der Waals surface area contributed by atoms with Gasteiger partial charge in [-0.1, -0.05) is 30.3 Å². The topological polar surface area (TPSA) is 37.4 Å². The first-order valence-electron chi connectivity index (χ1n) is 7.03. The molecule has 1 aliphatic carbocycles. The number of benzene rings is 1. The van der Waals surface area contributed by atoms with Crippen molar-refractivity contribution in [3.63, 3.8) is 0 Å². The Kier molecular flexibility index (Phi) is 3.47. The average Bonchev–Trinajstić information content (AvgIpc) is 2.40. The SMILES string of the molecule is O=C1CC(=O)C2CN(Cc3ccccc3)CCC2C1. The molecule has 1 aromatic carbocycles. The summed E-state index contributed by atoms with van der Waals surface area (Å²) in [6.45, 7) is 2.73. The molecule has 0 N–H and O–H groups in total. The number of carbonyl (C=O) groups is 2. The first-order chi connectivity index (χ1) is 9.22. The van der Waals surface area contributed by atoms with Crippen molar-refractivity contribution in [2.75, 3.05) is 13.1 Å². The Bertz CT molecular complexity index is 483. The van der Waals surface area contributed by atoms with Crippen LogP contribution in [0.2, 0.25) is 0 Å². The summed E-state index contributed by atoms with van der Waals surface area (Å²) < 4.78 is 0. The number of hydrogen-bond acceptors (Lipinski definition) is 3. The van der Waals surface area contributed by atoms with Crippen LogP contribution in [0.5, 0.6) is 0 Å². The summed E-state index contributed by atoms with van der Waals surface area (Å²) in [4.78, 5) is 25.8. The second-order valence-electron chi connectivity index (χ2n) is 5.76. The molecule has 1 aromatic rings. The van der Waals surface area contributed by atoms with Crippen molar-refractivity contribution < 1.29 is 9.59 Å². The Balaban J connectivity index is 1.65. The van der Waals surface area contributed by atoms with E-state index in [0.29, 0.717) is 12.3 Å². The van der Waals surface area contributed by atoms with Crippen molar-refractivity contribution in [2.45, 2.75) is 25.8 Å². The number of likely N-dealkylation sites (tertiary alicyclic amines) is 1. The van der Waals surface area contributed by atoms with Gasteiger partial charge in [0.15, 0.2) is 0 Å². The van der Waals surface area contributed by atoms with Crippen LogP contribution in [-0.4, -0.2) is 29.6 Å². The number of ketones is 2. The molecule has 1 saturated heterocycles. The van der Waals surface area contributed by atoms with Gasteiger partial charge in [-0.2, -0.15) is 0 Å². The Morgan fingerprint density at radius 3 is 2.74 bits per heavy atom. The Morgan fingerprint density at radius 1 is 1.16 bits per heavy atom. The van der Waals surface area contributed by atoms with Gasteiger partial charge in [0.1, 0.15) is 11.6 Å². The van der Waals surface area contributed by atoms with Crippen molar-refractivity contribution in [1.29, 1.82) is 0 Å². The number of rotatable bonds is 2. The standard InChI is InChI=1S/C16H19NO2/c18-14-8-13-6-7-17(11-15(13)16(19)9-14)10-12-4-2-1-3-5-12/h1-5,13,15H,6-11H2. The first kappa shape index (κ1) is 12.5. The van der Waals surface area contributed by atoms with E-state index in [-0.39, 0.29) is 23.9 Å². The molecule has 1 heterocycles. The highest BCUT2D eigenvalue weighted by atomic mass is 16.1. The van der Waals surface area contributed by atoms with E-state index in [1.807, 2.05) is 18.2 Å². The highest BCUT2D eigenvalue weighted by Crippen LogP contribution is 2.33. The molecule has 1 saturated carbocycles. The molecular formula is C16H19NO2. The minimum atomic E-state index is 0.0927. The van der Waals surface area contributed by atoms with E-state index >= 15 is 0 Å².